The number of benzene rings is 6. The first-order chi connectivity index (χ1) is 32.6. The number of fused-ring (bicyclic) bond motifs is 4. The minimum absolute atomic E-state index is 0.000627. The molecule has 0 saturated heterocycles. The van der Waals surface area contributed by atoms with E-state index < -0.39 is 39.1 Å². The number of carbonyl (C=O) groups excluding carboxylic acids is 2. The van der Waals surface area contributed by atoms with Gasteiger partial charge >= 0.3 is 0 Å². The molecule has 2 aliphatic heterocycles. The number of nitrogens with zero attached hydrogens (tertiary/aromatic N) is 6. The van der Waals surface area contributed by atoms with Gasteiger partial charge in [-0.3, -0.25) is 9.59 Å². The number of carbonyl (C=O) groups is 2. The first-order valence-corrected chi connectivity index (χ1v) is 23.7. The molecule has 346 valence electrons. The number of amides is 2. The second-order valence-corrected chi connectivity index (χ2v) is 18.3. The molecule has 6 aromatic carbocycles. The van der Waals surface area contributed by atoms with Crippen LogP contribution in [0, 0.1) is 23.3 Å². The van der Waals surface area contributed by atoms with E-state index in [1.54, 1.807) is 46.2 Å². The van der Waals surface area contributed by atoms with Crippen LogP contribution in [0.2, 0.25) is 0 Å². The van der Waals surface area contributed by atoms with Crippen LogP contribution in [0.1, 0.15) is 54.4 Å². The van der Waals surface area contributed by atoms with Crippen molar-refractivity contribution < 1.29 is 36.5 Å². The summed E-state index contributed by atoms with van der Waals surface area (Å²) in [5, 5.41) is 10.5. The van der Waals surface area contributed by atoms with Crippen molar-refractivity contribution in [2.45, 2.75) is 38.7 Å². The van der Waals surface area contributed by atoms with E-state index in [0.717, 1.165) is 46.5 Å². The van der Waals surface area contributed by atoms with Gasteiger partial charge in [0.05, 0.1) is 17.6 Å². The van der Waals surface area contributed by atoms with Gasteiger partial charge < -0.3 is 26.4 Å². The number of aliphatic hydroxyl groups is 1. The summed E-state index contributed by atoms with van der Waals surface area (Å²) in [6, 6.07) is 29.8. The van der Waals surface area contributed by atoms with Crippen LogP contribution in [-0.2, 0) is 47.9 Å². The Morgan fingerprint density at radius 2 is 0.926 bits per heavy atom. The number of anilines is 2. The maximum Gasteiger partial charge on any atom is 0.273 e. The van der Waals surface area contributed by atoms with Gasteiger partial charge in [0.1, 0.15) is 11.4 Å². The zero-order chi connectivity index (χ0) is 48.4. The van der Waals surface area contributed by atoms with E-state index in [4.69, 9.17) is 27.3 Å². The van der Waals surface area contributed by atoms with Gasteiger partial charge in [0, 0.05) is 64.2 Å². The molecule has 0 atom stereocenters. The van der Waals surface area contributed by atoms with Crippen molar-refractivity contribution in [3.63, 3.8) is 0 Å². The Balaban J connectivity index is 0.000000171. The van der Waals surface area contributed by atoms with Crippen molar-refractivity contribution in [2.24, 2.45) is 0 Å². The molecule has 2 aliphatic rings. The molecule has 10 rings (SSSR count). The summed E-state index contributed by atoms with van der Waals surface area (Å²) in [7, 11) is 7.36. The van der Waals surface area contributed by atoms with Crippen LogP contribution in [0.25, 0.3) is 44.1 Å². The first-order valence-electron chi connectivity index (χ1n) is 20.4. The quantitative estimate of drug-likeness (QED) is 0.0824. The van der Waals surface area contributed by atoms with E-state index >= 15 is 0 Å². The third kappa shape index (κ3) is 10.1. The predicted molar refractivity (Wildman–Crippen MR) is 254 cm³/mol. The highest BCUT2D eigenvalue weighted by Gasteiger charge is 2.29. The lowest BCUT2D eigenvalue weighted by atomic mass is 9.97. The Labute approximate surface area is 401 Å². The number of alkyl halides is 1. The Morgan fingerprint density at radius 3 is 1.29 bits per heavy atom. The third-order valence-corrected chi connectivity index (χ3v) is 11.6. The molecule has 12 nitrogen and oxygen atoms in total. The average Bonchev–Trinajstić information content (AvgIpc) is 3.97. The van der Waals surface area contributed by atoms with Crippen molar-refractivity contribution in [2.75, 3.05) is 11.5 Å². The topological polar surface area (TPSA) is 182 Å². The van der Waals surface area contributed by atoms with Gasteiger partial charge in [-0.25, -0.2) is 41.7 Å². The van der Waals surface area contributed by atoms with Gasteiger partial charge in [0.25, 0.3) is 11.8 Å². The average molecular weight is 1000 g/mol. The monoisotopic (exact) mass is 1000 g/mol. The molecule has 0 radical (unpaired) electrons. The lowest BCUT2D eigenvalue weighted by Crippen LogP contribution is -2.27. The molecule has 68 heavy (non-hydrogen) atoms. The standard InChI is InChI=1S/C24H17ClF2N4O.C24H18F2N4O2.Cl2OS/c25-10-16-8-19(26)20(27)9-17(16)13-5-6-21-18(7-13)22(30-24(28)29-21)23(32)31-11-14-3-1-2-4-15(14)12-31;25-19-8-16(12-31)17(9-20(19)26)13-5-6-21-18(7-13)22(29-24(27)28-21)23(32)30-10-14-3-1-2-4-15(14)11-30;1-4(2)3/h1-9H,10-12H2,(H2,28,29,30);1-9,31H,10-12H2,(H2,27,28,29);. The summed E-state index contributed by atoms with van der Waals surface area (Å²) in [5.74, 6) is -4.64. The van der Waals surface area contributed by atoms with Crippen LogP contribution in [0.15, 0.2) is 109 Å². The van der Waals surface area contributed by atoms with E-state index in [0.29, 0.717) is 75.8 Å². The highest BCUT2D eigenvalue weighted by atomic mass is 36.0. The maximum absolute atomic E-state index is 14.0. The fourth-order valence-electron chi connectivity index (χ4n) is 8.16. The molecule has 0 saturated carbocycles. The molecule has 8 aromatic rings. The number of hydrogen-bond donors (Lipinski definition) is 3. The summed E-state index contributed by atoms with van der Waals surface area (Å²) in [6.45, 7) is 1.38. The van der Waals surface area contributed by atoms with Gasteiger partial charge in [-0.15, -0.1) is 11.6 Å². The fraction of sp³-hybridized carbons (Fsp3) is 0.125. The molecule has 0 fully saturated rings. The first kappa shape index (κ1) is 47.7. The summed E-state index contributed by atoms with van der Waals surface area (Å²) in [4.78, 5) is 47.0. The Bertz CT molecular complexity index is 3070. The van der Waals surface area contributed by atoms with E-state index in [1.807, 2.05) is 48.5 Å². The lowest BCUT2D eigenvalue weighted by molar-refractivity contribution is 0.0741. The number of halogens is 7. The smallest absolute Gasteiger partial charge is 0.273 e. The molecule has 0 aliphatic carbocycles. The number of rotatable bonds is 6. The summed E-state index contributed by atoms with van der Waals surface area (Å²) >= 11 is 5.97. The molecule has 4 heterocycles. The summed E-state index contributed by atoms with van der Waals surface area (Å²) in [5.41, 5.74) is 19.8. The van der Waals surface area contributed by atoms with E-state index in [9.17, 15) is 32.3 Å². The minimum Gasteiger partial charge on any atom is -0.392 e. The molecule has 5 N–H and O–H groups in total. The van der Waals surface area contributed by atoms with Gasteiger partial charge in [-0.05, 0) is 104 Å². The molecule has 0 bridgehead atoms. The largest absolute Gasteiger partial charge is 0.392 e. The lowest BCUT2D eigenvalue weighted by Gasteiger charge is -2.17. The second-order valence-electron chi connectivity index (χ2n) is 15.5. The van der Waals surface area contributed by atoms with Crippen LogP contribution in [0.4, 0.5) is 29.5 Å². The van der Waals surface area contributed by atoms with E-state index in [-0.39, 0.29) is 46.5 Å². The summed E-state index contributed by atoms with van der Waals surface area (Å²) < 4.78 is 64.3. The highest BCUT2D eigenvalue weighted by molar-refractivity contribution is 8.26. The van der Waals surface area contributed by atoms with Crippen LogP contribution >= 0.6 is 33.0 Å². The van der Waals surface area contributed by atoms with Gasteiger partial charge in [0.15, 0.2) is 23.3 Å². The number of aromatic nitrogens is 4. The van der Waals surface area contributed by atoms with Crippen LogP contribution in [0.3, 0.4) is 0 Å². The molecule has 0 spiro atoms. The number of nitrogens with two attached hydrogens (primary N) is 2. The van der Waals surface area contributed by atoms with E-state index in [1.165, 1.54) is 0 Å². The van der Waals surface area contributed by atoms with Gasteiger partial charge in [-0.1, -0.05) is 60.7 Å². The second kappa shape index (κ2) is 20.2. The van der Waals surface area contributed by atoms with Crippen molar-refractivity contribution >= 4 is 87.7 Å². The van der Waals surface area contributed by atoms with Crippen molar-refractivity contribution in [3.8, 4) is 22.3 Å². The van der Waals surface area contributed by atoms with Crippen LogP contribution < -0.4 is 11.5 Å². The van der Waals surface area contributed by atoms with Gasteiger partial charge in [-0.2, -0.15) is 0 Å². The third-order valence-electron chi connectivity index (χ3n) is 11.3. The normalized spacial score (nSPS) is 12.7. The van der Waals surface area contributed by atoms with Crippen molar-refractivity contribution in [3.05, 3.63) is 177 Å². The molecule has 2 amide bonds. The fourth-order valence-corrected chi connectivity index (χ4v) is 8.38. The minimum atomic E-state index is -1.67. The summed E-state index contributed by atoms with van der Waals surface area (Å²) in [6.07, 6.45) is 0. The number of hydrogen-bond acceptors (Lipinski definition) is 10. The molecular weight excluding hydrogens is 967 g/mol. The Morgan fingerprint density at radius 1 is 0.574 bits per heavy atom. The van der Waals surface area contributed by atoms with E-state index in [2.05, 4.69) is 41.3 Å². The predicted octanol–water partition coefficient (Wildman–Crippen LogP) is 9.90. The van der Waals surface area contributed by atoms with Crippen molar-refractivity contribution in [1.82, 2.24) is 29.7 Å². The highest BCUT2D eigenvalue weighted by Crippen LogP contribution is 2.34. The zero-order valence-corrected chi connectivity index (χ0v) is 38.3. The van der Waals surface area contributed by atoms with Gasteiger partial charge in [0.2, 0.25) is 21.1 Å². The Hall–Kier alpha value is -6.76. The molecular formula is C48H35Cl3F4N8O4S. The molecule has 20 heteroatoms. The van der Waals surface area contributed by atoms with Crippen LogP contribution in [0.5, 0.6) is 0 Å². The number of nitrogen functional groups attached to an aromatic ring is 2. The molecule has 2 aromatic heterocycles. The SMILES string of the molecule is Nc1nc(C(=O)N2Cc3ccccc3C2)c2cc(-c3cc(F)c(F)cc3CCl)ccc2n1.Nc1nc(C(=O)N2Cc3ccccc3C2)c2cc(-c3cc(F)c(F)cc3CO)ccc2n1.O=S(Cl)Cl. The Kier molecular flexibility index (Phi) is 14.2. The zero-order valence-electron chi connectivity index (χ0n) is 35.2. The molecule has 0 unspecified atom stereocenters. The van der Waals surface area contributed by atoms with Crippen LogP contribution in [-0.4, -0.2) is 50.9 Å². The number of aliphatic hydroxyl groups excluding tert-OH is 1. The maximum atomic E-state index is 14.0. The van der Waals surface area contributed by atoms with Crippen molar-refractivity contribution in [1.29, 1.82) is 0 Å².